The van der Waals surface area contributed by atoms with Crippen LogP contribution in [0.15, 0.2) is 84.9 Å². The first-order chi connectivity index (χ1) is 13.7. The fourth-order valence-electron chi connectivity index (χ4n) is 2.79. The summed E-state index contributed by atoms with van der Waals surface area (Å²) in [7, 11) is 0. The highest BCUT2D eigenvalue weighted by atomic mass is 16.6. The van der Waals surface area contributed by atoms with Gasteiger partial charge in [0, 0.05) is 0 Å². The Hall–Kier alpha value is -3.40. The van der Waals surface area contributed by atoms with Gasteiger partial charge in [-0.1, -0.05) is 67.6 Å². The molecule has 4 heteroatoms. The van der Waals surface area contributed by atoms with E-state index >= 15 is 0 Å². The van der Waals surface area contributed by atoms with E-state index in [1.807, 2.05) is 36.4 Å². The van der Waals surface area contributed by atoms with Gasteiger partial charge in [0.05, 0.1) is 11.1 Å². The van der Waals surface area contributed by atoms with Gasteiger partial charge in [-0.05, 0) is 41.8 Å². The minimum atomic E-state index is -0.688. The first kappa shape index (κ1) is 19.4. The summed E-state index contributed by atoms with van der Waals surface area (Å²) in [6.45, 7) is 2.00. The molecule has 0 aliphatic carbocycles. The number of esters is 2. The summed E-state index contributed by atoms with van der Waals surface area (Å²) in [6.07, 6.45) is 0.170. The van der Waals surface area contributed by atoms with Gasteiger partial charge in [-0.15, -0.1) is 0 Å². The van der Waals surface area contributed by atoms with E-state index in [4.69, 9.17) is 9.47 Å². The van der Waals surface area contributed by atoms with Crippen LogP contribution in [0.3, 0.4) is 0 Å². The Morgan fingerprint density at radius 1 is 0.786 bits per heavy atom. The van der Waals surface area contributed by atoms with Gasteiger partial charge in [-0.25, -0.2) is 9.59 Å². The normalized spacial score (nSPS) is 11.5. The first-order valence-electron chi connectivity index (χ1n) is 9.24. The molecule has 0 bridgehead atoms. The van der Waals surface area contributed by atoms with Crippen LogP contribution in [0.1, 0.15) is 44.9 Å². The standard InChI is InChI=1S/C24H22O4/c1-2-18-10-9-15-21(16-18)22(28-24(26)20-13-7-4-8-14-20)17-27-23(25)19-11-5-3-6-12-19/h3-16,22H,2,17H2,1H3. The van der Waals surface area contributed by atoms with Gasteiger partial charge in [0.2, 0.25) is 0 Å². The molecule has 0 fully saturated rings. The number of rotatable bonds is 7. The Balaban J connectivity index is 1.77. The van der Waals surface area contributed by atoms with Crippen molar-refractivity contribution in [1.82, 2.24) is 0 Å². The van der Waals surface area contributed by atoms with Crippen molar-refractivity contribution >= 4 is 11.9 Å². The van der Waals surface area contributed by atoms with E-state index in [9.17, 15) is 9.59 Å². The fourth-order valence-corrected chi connectivity index (χ4v) is 2.79. The smallest absolute Gasteiger partial charge is 0.338 e. The maximum atomic E-state index is 12.5. The molecular formula is C24H22O4. The molecule has 0 aliphatic heterocycles. The quantitative estimate of drug-likeness (QED) is 0.546. The second-order valence-electron chi connectivity index (χ2n) is 6.32. The summed E-state index contributed by atoms with van der Waals surface area (Å²) in [4.78, 5) is 24.8. The number of benzene rings is 3. The minimum Gasteiger partial charge on any atom is -0.458 e. The molecule has 142 valence electrons. The molecule has 3 aromatic carbocycles. The van der Waals surface area contributed by atoms with Gasteiger partial charge in [0.25, 0.3) is 0 Å². The van der Waals surface area contributed by atoms with Crippen molar-refractivity contribution < 1.29 is 19.1 Å². The van der Waals surface area contributed by atoms with Crippen molar-refractivity contribution in [2.24, 2.45) is 0 Å². The van der Waals surface area contributed by atoms with Crippen LogP contribution in [-0.4, -0.2) is 18.5 Å². The lowest BCUT2D eigenvalue weighted by Crippen LogP contribution is -2.19. The highest BCUT2D eigenvalue weighted by Crippen LogP contribution is 2.22. The predicted molar refractivity (Wildman–Crippen MR) is 107 cm³/mol. The lowest BCUT2D eigenvalue weighted by atomic mass is 10.0. The van der Waals surface area contributed by atoms with Crippen LogP contribution in [-0.2, 0) is 15.9 Å². The minimum absolute atomic E-state index is 0.0561. The maximum Gasteiger partial charge on any atom is 0.338 e. The van der Waals surface area contributed by atoms with Crippen LogP contribution in [0.25, 0.3) is 0 Å². The number of ether oxygens (including phenoxy) is 2. The molecule has 0 amide bonds. The van der Waals surface area contributed by atoms with Crippen molar-refractivity contribution in [2.45, 2.75) is 19.4 Å². The molecule has 0 radical (unpaired) electrons. The Morgan fingerprint density at radius 3 is 2.00 bits per heavy atom. The predicted octanol–water partition coefficient (Wildman–Crippen LogP) is 5.00. The Labute approximate surface area is 164 Å². The van der Waals surface area contributed by atoms with Crippen molar-refractivity contribution in [3.8, 4) is 0 Å². The lowest BCUT2D eigenvalue weighted by Gasteiger charge is -2.19. The molecule has 0 N–H and O–H groups in total. The van der Waals surface area contributed by atoms with Gasteiger partial charge in [-0.2, -0.15) is 0 Å². The lowest BCUT2D eigenvalue weighted by molar-refractivity contribution is -0.00135. The van der Waals surface area contributed by atoms with E-state index in [1.165, 1.54) is 0 Å². The van der Waals surface area contributed by atoms with Crippen molar-refractivity contribution in [1.29, 1.82) is 0 Å². The molecule has 4 nitrogen and oxygen atoms in total. The van der Waals surface area contributed by atoms with E-state index in [0.717, 1.165) is 17.5 Å². The number of carbonyl (C=O) groups excluding carboxylic acids is 2. The topological polar surface area (TPSA) is 52.6 Å². The summed E-state index contributed by atoms with van der Waals surface area (Å²) in [5.41, 5.74) is 2.82. The van der Waals surface area contributed by atoms with E-state index < -0.39 is 18.0 Å². The van der Waals surface area contributed by atoms with Crippen LogP contribution in [0.5, 0.6) is 0 Å². The highest BCUT2D eigenvalue weighted by Gasteiger charge is 2.21. The monoisotopic (exact) mass is 374 g/mol. The van der Waals surface area contributed by atoms with Gasteiger partial charge in [0.15, 0.2) is 6.10 Å². The van der Waals surface area contributed by atoms with Gasteiger partial charge < -0.3 is 9.47 Å². The van der Waals surface area contributed by atoms with Gasteiger partial charge >= 0.3 is 11.9 Å². The summed E-state index contributed by atoms with van der Waals surface area (Å²) in [6, 6.07) is 25.3. The molecular weight excluding hydrogens is 352 g/mol. The third kappa shape index (κ3) is 5.07. The second kappa shape index (κ2) is 9.51. The molecule has 3 aromatic rings. The maximum absolute atomic E-state index is 12.5. The number of hydrogen-bond acceptors (Lipinski definition) is 4. The zero-order chi connectivity index (χ0) is 19.8. The number of carbonyl (C=O) groups is 2. The molecule has 0 aromatic heterocycles. The Bertz CT molecular complexity index is 920. The molecule has 1 atom stereocenters. The molecule has 0 saturated carbocycles. The molecule has 1 unspecified atom stereocenters. The molecule has 0 spiro atoms. The van der Waals surface area contributed by atoms with E-state index in [-0.39, 0.29) is 6.61 Å². The molecule has 0 heterocycles. The van der Waals surface area contributed by atoms with Crippen molar-refractivity contribution in [3.05, 3.63) is 107 Å². The van der Waals surface area contributed by atoms with Crippen LogP contribution >= 0.6 is 0 Å². The van der Waals surface area contributed by atoms with E-state index in [0.29, 0.717) is 11.1 Å². The Kier molecular flexibility index (Phi) is 6.58. The van der Waals surface area contributed by atoms with Crippen LogP contribution in [0.2, 0.25) is 0 Å². The highest BCUT2D eigenvalue weighted by molar-refractivity contribution is 5.90. The van der Waals surface area contributed by atoms with E-state index in [2.05, 4.69) is 6.92 Å². The largest absolute Gasteiger partial charge is 0.458 e. The average Bonchev–Trinajstić information content (AvgIpc) is 2.77. The second-order valence-corrected chi connectivity index (χ2v) is 6.32. The number of hydrogen-bond donors (Lipinski definition) is 0. The number of aryl methyl sites for hydroxylation is 1. The van der Waals surface area contributed by atoms with Gasteiger partial charge in [-0.3, -0.25) is 0 Å². The molecule has 0 aliphatic rings. The average molecular weight is 374 g/mol. The summed E-state index contributed by atoms with van der Waals surface area (Å²) in [5, 5.41) is 0. The molecule has 3 rings (SSSR count). The summed E-state index contributed by atoms with van der Waals surface area (Å²) in [5.74, 6) is -0.906. The van der Waals surface area contributed by atoms with Crippen LogP contribution in [0.4, 0.5) is 0 Å². The molecule has 28 heavy (non-hydrogen) atoms. The Morgan fingerprint density at radius 2 is 1.39 bits per heavy atom. The first-order valence-corrected chi connectivity index (χ1v) is 9.24. The third-order valence-electron chi connectivity index (χ3n) is 4.37. The van der Waals surface area contributed by atoms with Crippen LogP contribution in [0, 0.1) is 0 Å². The summed E-state index contributed by atoms with van der Waals surface area (Å²) >= 11 is 0. The SMILES string of the molecule is CCc1cccc(C(COC(=O)c2ccccc2)OC(=O)c2ccccc2)c1. The van der Waals surface area contributed by atoms with Crippen molar-refractivity contribution in [2.75, 3.05) is 6.61 Å². The third-order valence-corrected chi connectivity index (χ3v) is 4.37. The summed E-state index contributed by atoms with van der Waals surface area (Å²) < 4.78 is 11.1. The fraction of sp³-hybridized carbons (Fsp3) is 0.167. The zero-order valence-electron chi connectivity index (χ0n) is 15.7. The van der Waals surface area contributed by atoms with Gasteiger partial charge in [0.1, 0.15) is 6.61 Å². The van der Waals surface area contributed by atoms with Crippen LogP contribution < -0.4 is 0 Å². The zero-order valence-corrected chi connectivity index (χ0v) is 15.7. The molecule has 0 saturated heterocycles. The van der Waals surface area contributed by atoms with Crippen molar-refractivity contribution in [3.63, 3.8) is 0 Å². The van der Waals surface area contributed by atoms with E-state index in [1.54, 1.807) is 48.5 Å².